The Balaban J connectivity index is 2.12. The van der Waals surface area contributed by atoms with Gasteiger partial charge in [0, 0.05) is 11.0 Å². The van der Waals surface area contributed by atoms with Crippen molar-refractivity contribution in [3.63, 3.8) is 0 Å². The minimum Gasteiger partial charge on any atom is -0.285 e. The van der Waals surface area contributed by atoms with Crippen molar-refractivity contribution in [1.29, 1.82) is 0 Å². The molecule has 0 bridgehead atoms. The van der Waals surface area contributed by atoms with Gasteiger partial charge in [0.25, 0.3) is 0 Å². The van der Waals surface area contributed by atoms with E-state index in [4.69, 9.17) is 4.99 Å². The minimum absolute atomic E-state index is 0.308. The molecule has 80 valence electrons. The predicted octanol–water partition coefficient (Wildman–Crippen LogP) is 3.71. The van der Waals surface area contributed by atoms with Gasteiger partial charge in [0.2, 0.25) is 0 Å². The zero-order valence-electron chi connectivity index (χ0n) is 9.31. The van der Waals surface area contributed by atoms with Gasteiger partial charge in [-0.25, -0.2) is 0 Å². The maximum absolute atomic E-state index is 4.82. The Morgan fingerprint density at radius 3 is 2.67 bits per heavy atom. The summed E-state index contributed by atoms with van der Waals surface area (Å²) in [5.74, 6) is 1.24. The molecule has 0 saturated carbocycles. The van der Waals surface area contributed by atoms with Crippen molar-refractivity contribution in [2.24, 2.45) is 4.99 Å². The number of thioether (sulfide) groups is 1. The molecule has 1 heterocycles. The van der Waals surface area contributed by atoms with Crippen molar-refractivity contribution in [1.82, 2.24) is 0 Å². The van der Waals surface area contributed by atoms with Crippen LogP contribution in [0, 0.1) is 0 Å². The molecule has 0 N–H and O–H groups in total. The van der Waals surface area contributed by atoms with Crippen LogP contribution in [0.15, 0.2) is 35.3 Å². The van der Waals surface area contributed by atoms with Crippen LogP contribution in [0.4, 0.5) is 0 Å². The van der Waals surface area contributed by atoms with Crippen LogP contribution in [-0.2, 0) is 0 Å². The molecule has 1 nitrogen and oxygen atoms in total. The van der Waals surface area contributed by atoms with Crippen molar-refractivity contribution in [2.45, 2.75) is 31.6 Å². The number of benzene rings is 1. The molecule has 1 saturated heterocycles. The van der Waals surface area contributed by atoms with Crippen molar-refractivity contribution in [3.8, 4) is 0 Å². The van der Waals surface area contributed by atoms with Crippen LogP contribution in [-0.4, -0.2) is 16.7 Å². The first kappa shape index (κ1) is 10.7. The number of hydrogen-bond acceptors (Lipinski definition) is 2. The fourth-order valence-electron chi connectivity index (χ4n) is 1.86. The number of aliphatic imine (C=N–C) groups is 1. The summed E-state index contributed by atoms with van der Waals surface area (Å²) in [5, 5.41) is 0.621. The quantitative estimate of drug-likeness (QED) is 0.738. The van der Waals surface area contributed by atoms with Gasteiger partial charge in [-0.1, -0.05) is 30.3 Å². The average molecular weight is 219 g/mol. The summed E-state index contributed by atoms with van der Waals surface area (Å²) < 4.78 is 0. The number of hydrogen-bond donors (Lipinski definition) is 0. The molecule has 1 aromatic carbocycles. The van der Waals surface area contributed by atoms with E-state index in [0.29, 0.717) is 11.3 Å². The summed E-state index contributed by atoms with van der Waals surface area (Å²) in [6, 6.07) is 10.8. The largest absolute Gasteiger partial charge is 0.285 e. The standard InChI is InChI=1S/C13H17NS/c1-10(12-6-4-3-5-7-12)14-13-8-9-15-11(13)2/h3-7,10-11H,8-9H2,1-2H3/t10-,11?/m1/s1. The normalized spacial score (nSPS) is 25.7. The molecule has 0 amide bonds. The molecule has 0 radical (unpaired) electrons. The minimum atomic E-state index is 0.308. The third kappa shape index (κ3) is 2.63. The summed E-state index contributed by atoms with van der Waals surface area (Å²) in [5.41, 5.74) is 2.70. The van der Waals surface area contributed by atoms with E-state index in [1.54, 1.807) is 0 Å². The van der Waals surface area contributed by atoms with E-state index in [1.165, 1.54) is 23.4 Å². The topological polar surface area (TPSA) is 12.4 Å². The Hall–Kier alpha value is -0.760. The fraction of sp³-hybridized carbons (Fsp3) is 0.462. The Morgan fingerprint density at radius 2 is 2.07 bits per heavy atom. The summed E-state index contributed by atoms with van der Waals surface area (Å²) >= 11 is 2.01. The first-order valence-electron chi connectivity index (χ1n) is 5.50. The number of nitrogens with zero attached hydrogens (tertiary/aromatic N) is 1. The Morgan fingerprint density at radius 1 is 1.33 bits per heavy atom. The van der Waals surface area contributed by atoms with Gasteiger partial charge < -0.3 is 0 Å². The van der Waals surface area contributed by atoms with Crippen molar-refractivity contribution >= 4 is 17.5 Å². The van der Waals surface area contributed by atoms with E-state index in [1.807, 2.05) is 11.8 Å². The molecule has 1 aliphatic heterocycles. The van der Waals surface area contributed by atoms with Crippen LogP contribution in [0.2, 0.25) is 0 Å². The second-order valence-electron chi connectivity index (χ2n) is 3.97. The Bertz CT molecular complexity index is 345. The first-order chi connectivity index (χ1) is 7.27. The maximum atomic E-state index is 4.82. The molecule has 1 unspecified atom stereocenters. The summed E-state index contributed by atoms with van der Waals surface area (Å²) in [6.07, 6.45) is 1.17. The molecule has 0 spiro atoms. The lowest BCUT2D eigenvalue weighted by atomic mass is 10.1. The molecule has 2 heteroatoms. The second-order valence-corrected chi connectivity index (χ2v) is 5.42. The van der Waals surface area contributed by atoms with E-state index in [0.717, 1.165) is 0 Å². The van der Waals surface area contributed by atoms with E-state index >= 15 is 0 Å². The highest BCUT2D eigenvalue weighted by Crippen LogP contribution is 2.26. The highest BCUT2D eigenvalue weighted by atomic mass is 32.2. The van der Waals surface area contributed by atoms with E-state index in [2.05, 4.69) is 44.2 Å². The average Bonchev–Trinajstić information content (AvgIpc) is 2.66. The molecule has 2 atom stereocenters. The van der Waals surface area contributed by atoms with Crippen LogP contribution in [0.3, 0.4) is 0 Å². The van der Waals surface area contributed by atoms with Gasteiger partial charge in [-0.05, 0) is 31.6 Å². The van der Waals surface area contributed by atoms with E-state index < -0.39 is 0 Å². The van der Waals surface area contributed by atoms with Crippen molar-refractivity contribution in [2.75, 3.05) is 5.75 Å². The van der Waals surface area contributed by atoms with Crippen LogP contribution < -0.4 is 0 Å². The molecular weight excluding hydrogens is 202 g/mol. The van der Waals surface area contributed by atoms with Gasteiger partial charge in [-0.3, -0.25) is 4.99 Å². The summed E-state index contributed by atoms with van der Waals surface area (Å²) in [7, 11) is 0. The third-order valence-electron chi connectivity index (χ3n) is 2.84. The molecule has 1 fully saturated rings. The fourth-order valence-corrected chi connectivity index (χ4v) is 2.92. The van der Waals surface area contributed by atoms with E-state index in [-0.39, 0.29) is 0 Å². The molecule has 0 aromatic heterocycles. The molecule has 1 aliphatic rings. The first-order valence-corrected chi connectivity index (χ1v) is 6.55. The van der Waals surface area contributed by atoms with Gasteiger partial charge in [0.05, 0.1) is 6.04 Å². The maximum Gasteiger partial charge on any atom is 0.0720 e. The molecule has 2 rings (SSSR count). The lowest BCUT2D eigenvalue weighted by molar-refractivity contribution is 0.812. The molecule has 0 aliphatic carbocycles. The van der Waals surface area contributed by atoms with Gasteiger partial charge >= 0.3 is 0 Å². The third-order valence-corrected chi connectivity index (χ3v) is 4.05. The Kier molecular flexibility index (Phi) is 3.47. The second kappa shape index (κ2) is 4.84. The predicted molar refractivity (Wildman–Crippen MR) is 68.8 cm³/mol. The van der Waals surface area contributed by atoms with Gasteiger partial charge in [0.1, 0.15) is 0 Å². The van der Waals surface area contributed by atoms with Crippen molar-refractivity contribution in [3.05, 3.63) is 35.9 Å². The lowest BCUT2D eigenvalue weighted by Gasteiger charge is -2.10. The smallest absolute Gasteiger partial charge is 0.0720 e. The van der Waals surface area contributed by atoms with Gasteiger partial charge in [-0.15, -0.1) is 0 Å². The van der Waals surface area contributed by atoms with Gasteiger partial charge in [-0.2, -0.15) is 11.8 Å². The summed E-state index contributed by atoms with van der Waals surface area (Å²) in [4.78, 5) is 4.82. The SMILES string of the molecule is CC1SCCC1=N[C@H](C)c1ccccc1. The highest BCUT2D eigenvalue weighted by Gasteiger charge is 2.19. The summed E-state index contributed by atoms with van der Waals surface area (Å²) in [6.45, 7) is 4.44. The van der Waals surface area contributed by atoms with Crippen molar-refractivity contribution < 1.29 is 0 Å². The lowest BCUT2D eigenvalue weighted by Crippen LogP contribution is -2.07. The van der Waals surface area contributed by atoms with Crippen LogP contribution in [0.5, 0.6) is 0 Å². The zero-order chi connectivity index (χ0) is 10.7. The molecule has 1 aromatic rings. The van der Waals surface area contributed by atoms with Gasteiger partial charge in [0.15, 0.2) is 0 Å². The number of rotatable bonds is 2. The Labute approximate surface area is 96.0 Å². The molecular formula is C13H17NS. The zero-order valence-corrected chi connectivity index (χ0v) is 10.1. The highest BCUT2D eigenvalue weighted by molar-refractivity contribution is 8.01. The van der Waals surface area contributed by atoms with Crippen LogP contribution in [0.25, 0.3) is 0 Å². The van der Waals surface area contributed by atoms with Crippen LogP contribution >= 0.6 is 11.8 Å². The molecule has 15 heavy (non-hydrogen) atoms. The van der Waals surface area contributed by atoms with Crippen LogP contribution in [0.1, 0.15) is 31.9 Å². The van der Waals surface area contributed by atoms with E-state index in [9.17, 15) is 0 Å². The monoisotopic (exact) mass is 219 g/mol.